The second-order valence-electron chi connectivity index (χ2n) is 4.96. The minimum Gasteiger partial charge on any atom is -0.463 e. The summed E-state index contributed by atoms with van der Waals surface area (Å²) in [6, 6.07) is 4.94. The third-order valence-electron chi connectivity index (χ3n) is 3.24. The molecule has 0 spiro atoms. The molecule has 2 amide bonds. The number of halogens is 2. The Labute approximate surface area is 152 Å². The lowest BCUT2D eigenvalue weighted by atomic mass is 10.1. The van der Waals surface area contributed by atoms with Crippen molar-refractivity contribution in [1.29, 1.82) is 0 Å². The van der Waals surface area contributed by atoms with Gasteiger partial charge in [0.25, 0.3) is 5.76 Å². The first-order valence-corrected chi connectivity index (χ1v) is 8.44. The fourth-order valence-electron chi connectivity index (χ4n) is 2.06. The second-order valence-corrected chi connectivity index (χ2v) is 6.03. The molecule has 7 nitrogen and oxygen atoms in total. The maximum atomic E-state index is 12.3. The number of amides is 2. The van der Waals surface area contributed by atoms with Crippen molar-refractivity contribution in [1.82, 2.24) is 10.6 Å². The quantitative estimate of drug-likeness (QED) is 0.552. The van der Waals surface area contributed by atoms with Crippen molar-refractivity contribution in [3.8, 4) is 0 Å². The van der Waals surface area contributed by atoms with Crippen LogP contribution < -0.4 is 10.6 Å². The summed E-state index contributed by atoms with van der Waals surface area (Å²) in [5.41, 5.74) is 0.440. The minimum atomic E-state index is -2.55. The van der Waals surface area contributed by atoms with E-state index in [-0.39, 0.29) is 36.6 Å². The van der Waals surface area contributed by atoms with Crippen LogP contribution in [-0.2, 0) is 14.3 Å². The number of esters is 2. The zero-order chi connectivity index (χ0) is 19.1. The van der Waals surface area contributed by atoms with E-state index in [0.717, 1.165) is 0 Å². The molecule has 1 aliphatic heterocycles. The summed E-state index contributed by atoms with van der Waals surface area (Å²) >= 11 is 0.365. The van der Waals surface area contributed by atoms with Crippen LogP contribution in [0.1, 0.15) is 17.3 Å². The number of thioether (sulfide) groups is 1. The molecule has 0 saturated heterocycles. The van der Waals surface area contributed by atoms with Crippen LogP contribution in [0.25, 0.3) is 0 Å². The van der Waals surface area contributed by atoms with Gasteiger partial charge in [-0.1, -0.05) is 11.8 Å². The molecule has 0 aromatic heterocycles. The summed E-state index contributed by atoms with van der Waals surface area (Å²) in [6.07, 6.45) is 0. The molecule has 0 saturated carbocycles. The highest BCUT2D eigenvalue weighted by atomic mass is 32.2. The third kappa shape index (κ3) is 5.45. The molecule has 0 unspecified atom stereocenters. The fourth-order valence-corrected chi connectivity index (χ4v) is 2.56. The number of urea groups is 1. The highest BCUT2D eigenvalue weighted by Gasteiger charge is 2.24. The number of carbonyl (C=O) groups is 3. The van der Waals surface area contributed by atoms with Crippen molar-refractivity contribution in [2.24, 2.45) is 0 Å². The highest BCUT2D eigenvalue weighted by molar-refractivity contribution is 7.99. The van der Waals surface area contributed by atoms with Crippen LogP contribution in [0.3, 0.4) is 0 Å². The monoisotopic (exact) mass is 386 g/mol. The molecule has 1 aliphatic rings. The zero-order valence-corrected chi connectivity index (χ0v) is 14.5. The van der Waals surface area contributed by atoms with Gasteiger partial charge >= 0.3 is 18.0 Å². The van der Waals surface area contributed by atoms with E-state index in [2.05, 4.69) is 10.6 Å². The Bertz CT molecular complexity index is 722. The molecule has 140 valence electrons. The number of rotatable bonds is 7. The van der Waals surface area contributed by atoms with Crippen LogP contribution in [0.2, 0.25) is 0 Å². The Morgan fingerprint density at radius 2 is 1.88 bits per heavy atom. The van der Waals surface area contributed by atoms with Gasteiger partial charge in [-0.15, -0.1) is 0 Å². The molecule has 1 aromatic rings. The third-order valence-corrected chi connectivity index (χ3v) is 3.96. The van der Waals surface area contributed by atoms with Gasteiger partial charge in [-0.2, -0.15) is 8.78 Å². The number of hydrogen-bond donors (Lipinski definition) is 2. The standard InChI is InChI=1S/C16H16F2N2O5S/c1-2-24-14(22)11-7-19-16(23)20-12(11)8-25-13(21)9-3-5-10(6-4-9)26-15(17)18/h3-6,15H,2,7-8H2,1H3,(H2,19,20,23). The predicted molar refractivity (Wildman–Crippen MR) is 88.8 cm³/mol. The minimum absolute atomic E-state index is 0.0445. The number of benzene rings is 1. The van der Waals surface area contributed by atoms with Crippen LogP contribution in [-0.4, -0.2) is 43.5 Å². The van der Waals surface area contributed by atoms with E-state index in [1.54, 1.807) is 6.92 Å². The van der Waals surface area contributed by atoms with Gasteiger partial charge in [-0.05, 0) is 31.2 Å². The Hall–Kier alpha value is -2.62. The average Bonchev–Trinajstić information content (AvgIpc) is 2.60. The number of ether oxygens (including phenoxy) is 2. The number of alkyl halides is 2. The average molecular weight is 386 g/mol. The zero-order valence-electron chi connectivity index (χ0n) is 13.7. The normalized spacial score (nSPS) is 13.9. The molecule has 0 bridgehead atoms. The van der Waals surface area contributed by atoms with Crippen LogP contribution in [0, 0.1) is 0 Å². The summed E-state index contributed by atoms with van der Waals surface area (Å²) in [7, 11) is 0. The first-order valence-electron chi connectivity index (χ1n) is 7.56. The maximum Gasteiger partial charge on any atom is 0.338 e. The molecule has 1 aromatic carbocycles. The van der Waals surface area contributed by atoms with Crippen molar-refractivity contribution in [2.75, 3.05) is 19.8 Å². The predicted octanol–water partition coefficient (Wildman–Crippen LogP) is 2.29. The van der Waals surface area contributed by atoms with Gasteiger partial charge in [0.1, 0.15) is 6.61 Å². The Morgan fingerprint density at radius 1 is 1.19 bits per heavy atom. The summed E-state index contributed by atoms with van der Waals surface area (Å²) in [4.78, 5) is 35.7. The Kier molecular flexibility index (Phi) is 6.96. The lowest BCUT2D eigenvalue weighted by Gasteiger charge is -2.21. The smallest absolute Gasteiger partial charge is 0.338 e. The van der Waals surface area contributed by atoms with Crippen molar-refractivity contribution in [3.05, 3.63) is 41.1 Å². The lowest BCUT2D eigenvalue weighted by molar-refractivity contribution is -0.138. The van der Waals surface area contributed by atoms with Gasteiger partial charge in [-0.3, -0.25) is 0 Å². The van der Waals surface area contributed by atoms with Gasteiger partial charge in [-0.25, -0.2) is 14.4 Å². The molecule has 2 rings (SSSR count). The summed E-state index contributed by atoms with van der Waals surface area (Å²) in [5, 5.41) is 4.84. The summed E-state index contributed by atoms with van der Waals surface area (Å²) in [6.45, 7) is 1.42. The fraction of sp³-hybridized carbons (Fsp3) is 0.312. The van der Waals surface area contributed by atoms with Gasteiger partial charge in [0.2, 0.25) is 0 Å². The molecule has 0 atom stereocenters. The van der Waals surface area contributed by atoms with Gasteiger partial charge in [0.05, 0.1) is 30.0 Å². The molecule has 0 radical (unpaired) electrons. The Balaban J connectivity index is 2.03. The number of hydrogen-bond acceptors (Lipinski definition) is 6. The summed E-state index contributed by atoms with van der Waals surface area (Å²) in [5.74, 6) is -3.90. The van der Waals surface area contributed by atoms with E-state index < -0.39 is 23.7 Å². The van der Waals surface area contributed by atoms with Crippen molar-refractivity contribution in [2.45, 2.75) is 17.6 Å². The van der Waals surface area contributed by atoms with Crippen LogP contribution in [0.5, 0.6) is 0 Å². The van der Waals surface area contributed by atoms with E-state index in [4.69, 9.17) is 9.47 Å². The largest absolute Gasteiger partial charge is 0.463 e. The van der Waals surface area contributed by atoms with Crippen LogP contribution >= 0.6 is 11.8 Å². The maximum absolute atomic E-state index is 12.3. The molecule has 0 fully saturated rings. The topological polar surface area (TPSA) is 93.7 Å². The van der Waals surface area contributed by atoms with Gasteiger partial charge in [0.15, 0.2) is 0 Å². The van der Waals surface area contributed by atoms with E-state index in [1.165, 1.54) is 24.3 Å². The van der Waals surface area contributed by atoms with Gasteiger partial charge in [0, 0.05) is 4.90 Å². The lowest BCUT2D eigenvalue weighted by Crippen LogP contribution is -2.45. The first kappa shape index (κ1) is 19.7. The SMILES string of the molecule is CCOC(=O)C1=C(COC(=O)c2ccc(SC(F)F)cc2)NC(=O)NC1. The Morgan fingerprint density at radius 3 is 2.50 bits per heavy atom. The van der Waals surface area contributed by atoms with Crippen molar-refractivity contribution < 1.29 is 32.6 Å². The molecular formula is C16H16F2N2O5S. The van der Waals surface area contributed by atoms with E-state index >= 15 is 0 Å². The second kappa shape index (κ2) is 9.18. The number of carbonyl (C=O) groups excluding carboxylic acids is 3. The molecule has 26 heavy (non-hydrogen) atoms. The van der Waals surface area contributed by atoms with Crippen molar-refractivity contribution in [3.63, 3.8) is 0 Å². The van der Waals surface area contributed by atoms with Crippen LogP contribution in [0.4, 0.5) is 13.6 Å². The highest BCUT2D eigenvalue weighted by Crippen LogP contribution is 2.25. The van der Waals surface area contributed by atoms with E-state index in [9.17, 15) is 23.2 Å². The van der Waals surface area contributed by atoms with E-state index in [0.29, 0.717) is 16.7 Å². The van der Waals surface area contributed by atoms with E-state index in [1.807, 2.05) is 0 Å². The molecule has 10 heteroatoms. The number of nitrogens with one attached hydrogen (secondary N) is 2. The molecule has 2 N–H and O–H groups in total. The first-order chi connectivity index (χ1) is 12.4. The van der Waals surface area contributed by atoms with Gasteiger partial charge < -0.3 is 20.1 Å². The molecular weight excluding hydrogens is 370 g/mol. The molecule has 0 aliphatic carbocycles. The molecule has 1 heterocycles. The van der Waals surface area contributed by atoms with Crippen molar-refractivity contribution >= 4 is 29.7 Å². The van der Waals surface area contributed by atoms with Crippen LogP contribution in [0.15, 0.2) is 40.4 Å². The summed E-state index contributed by atoms with van der Waals surface area (Å²) < 4.78 is 34.6.